The van der Waals surface area contributed by atoms with E-state index in [1.54, 1.807) is 0 Å². The average molecular weight is 316 g/mol. The molecule has 0 aromatic carbocycles. The van der Waals surface area contributed by atoms with Crippen molar-refractivity contribution in [3.63, 3.8) is 0 Å². The molecule has 0 aromatic rings. The maximum atomic E-state index is 12.0. The highest BCUT2D eigenvalue weighted by Crippen LogP contribution is 2.27. The van der Waals surface area contributed by atoms with Crippen molar-refractivity contribution < 1.29 is 21.6 Å². The molecule has 0 heterocycles. The molecule has 1 aliphatic rings. The van der Waals surface area contributed by atoms with Crippen molar-refractivity contribution in [3.8, 4) is 0 Å². The minimum absolute atomic E-state index is 0.184. The summed E-state index contributed by atoms with van der Waals surface area (Å²) in [5, 5.41) is 0. The fraction of sp³-hybridized carbons (Fsp3) is 1.00. The average Bonchev–Trinajstić information content (AvgIpc) is 2.35. The molecule has 1 unspecified atom stereocenters. The van der Waals surface area contributed by atoms with E-state index >= 15 is 0 Å². The van der Waals surface area contributed by atoms with Gasteiger partial charge < -0.3 is 5.73 Å². The van der Waals surface area contributed by atoms with E-state index in [9.17, 15) is 21.6 Å². The number of rotatable bonds is 7. The Labute approximate surface area is 118 Å². The lowest BCUT2D eigenvalue weighted by atomic mass is 9.84. The maximum Gasteiger partial charge on any atom is 0.389 e. The monoisotopic (exact) mass is 316 g/mol. The Balaban J connectivity index is 2.45. The van der Waals surface area contributed by atoms with E-state index in [1.807, 2.05) is 0 Å². The summed E-state index contributed by atoms with van der Waals surface area (Å²) in [6.45, 7) is 0.184. The summed E-state index contributed by atoms with van der Waals surface area (Å²) in [6.07, 6.45) is -0.711. The van der Waals surface area contributed by atoms with Gasteiger partial charge in [-0.3, -0.25) is 0 Å². The van der Waals surface area contributed by atoms with E-state index in [2.05, 4.69) is 4.72 Å². The Morgan fingerprint density at radius 1 is 1.20 bits per heavy atom. The number of halogens is 3. The van der Waals surface area contributed by atoms with Crippen LogP contribution < -0.4 is 10.5 Å². The molecule has 0 aromatic heterocycles. The van der Waals surface area contributed by atoms with Crippen LogP contribution in [-0.4, -0.2) is 32.9 Å². The van der Waals surface area contributed by atoms with Crippen LogP contribution in [-0.2, 0) is 10.0 Å². The van der Waals surface area contributed by atoms with Crippen molar-refractivity contribution in [1.29, 1.82) is 0 Å². The second-order valence-corrected chi connectivity index (χ2v) is 7.27. The molecule has 0 aliphatic heterocycles. The van der Waals surface area contributed by atoms with Crippen LogP contribution in [0.15, 0.2) is 0 Å². The fourth-order valence-electron chi connectivity index (χ4n) is 2.63. The highest BCUT2D eigenvalue weighted by Gasteiger charge is 2.29. The van der Waals surface area contributed by atoms with Crippen LogP contribution in [0.2, 0.25) is 0 Å². The molecule has 0 spiro atoms. The van der Waals surface area contributed by atoms with Crippen molar-refractivity contribution in [2.45, 2.75) is 57.2 Å². The van der Waals surface area contributed by atoms with E-state index in [1.165, 1.54) is 0 Å². The first-order valence-electron chi connectivity index (χ1n) is 7.00. The van der Waals surface area contributed by atoms with E-state index in [0.29, 0.717) is 0 Å². The molecule has 8 heteroatoms. The zero-order valence-corrected chi connectivity index (χ0v) is 12.3. The number of alkyl halides is 3. The second-order valence-electron chi connectivity index (χ2n) is 5.40. The van der Waals surface area contributed by atoms with Gasteiger partial charge in [-0.1, -0.05) is 19.3 Å². The normalized spacial score (nSPS) is 20.0. The molecule has 1 saturated carbocycles. The summed E-state index contributed by atoms with van der Waals surface area (Å²) in [4.78, 5) is 0. The lowest BCUT2D eigenvalue weighted by molar-refractivity contribution is -0.134. The highest BCUT2D eigenvalue weighted by atomic mass is 32.2. The summed E-state index contributed by atoms with van der Waals surface area (Å²) in [5.74, 6) is -0.304. The van der Waals surface area contributed by atoms with Gasteiger partial charge in [0.1, 0.15) is 0 Å². The largest absolute Gasteiger partial charge is 0.389 e. The fourth-order valence-corrected chi connectivity index (χ4v) is 4.02. The molecule has 0 bridgehead atoms. The van der Waals surface area contributed by atoms with Gasteiger partial charge in [0.2, 0.25) is 10.0 Å². The van der Waals surface area contributed by atoms with Crippen molar-refractivity contribution in [2.24, 2.45) is 11.7 Å². The minimum atomic E-state index is -4.31. The van der Waals surface area contributed by atoms with E-state index in [4.69, 9.17) is 5.73 Å². The third-order valence-corrected chi connectivity index (χ3v) is 5.17. The van der Waals surface area contributed by atoms with Crippen LogP contribution in [0, 0.1) is 5.92 Å². The predicted octanol–water partition coefficient (Wildman–Crippen LogP) is 2.16. The molecule has 0 radical (unpaired) electrons. The Kier molecular flexibility index (Phi) is 6.74. The highest BCUT2D eigenvalue weighted by molar-refractivity contribution is 7.89. The van der Waals surface area contributed by atoms with Gasteiger partial charge in [-0.05, 0) is 25.2 Å². The van der Waals surface area contributed by atoms with Crippen LogP contribution in [0.4, 0.5) is 13.2 Å². The number of nitrogens with two attached hydrogens (primary N) is 1. The standard InChI is InChI=1S/C12H23F3N2O2S/c13-12(14,15)7-4-8-20(18,19)17-11(9-16)10-5-2-1-3-6-10/h10-11,17H,1-9,16H2. The smallest absolute Gasteiger partial charge is 0.329 e. The molecular weight excluding hydrogens is 293 g/mol. The first-order chi connectivity index (χ1) is 9.23. The molecule has 3 N–H and O–H groups in total. The van der Waals surface area contributed by atoms with Gasteiger partial charge in [0.15, 0.2) is 0 Å². The maximum absolute atomic E-state index is 12.0. The Hall–Kier alpha value is -0.340. The molecular formula is C12H23F3N2O2S. The topological polar surface area (TPSA) is 72.2 Å². The molecule has 0 amide bonds. The van der Waals surface area contributed by atoms with Gasteiger partial charge in [-0.2, -0.15) is 13.2 Å². The molecule has 0 saturated heterocycles. The Morgan fingerprint density at radius 3 is 2.30 bits per heavy atom. The molecule has 1 rings (SSSR count). The van der Waals surface area contributed by atoms with Gasteiger partial charge in [-0.15, -0.1) is 0 Å². The Morgan fingerprint density at radius 2 is 1.80 bits per heavy atom. The lowest BCUT2D eigenvalue weighted by Crippen LogP contribution is -2.46. The Bertz CT molecular complexity index is 379. The van der Waals surface area contributed by atoms with Gasteiger partial charge in [0.05, 0.1) is 5.75 Å². The summed E-state index contributed by atoms with van der Waals surface area (Å²) in [5.41, 5.74) is 5.60. The molecule has 20 heavy (non-hydrogen) atoms. The third-order valence-electron chi connectivity index (χ3n) is 3.68. The summed E-state index contributed by atoms with van der Waals surface area (Å²) in [7, 11) is -3.69. The van der Waals surface area contributed by atoms with Crippen molar-refractivity contribution in [3.05, 3.63) is 0 Å². The van der Waals surface area contributed by atoms with Gasteiger partial charge in [-0.25, -0.2) is 13.1 Å². The zero-order chi connectivity index (χ0) is 15.2. The van der Waals surface area contributed by atoms with E-state index in [0.717, 1.165) is 32.1 Å². The van der Waals surface area contributed by atoms with Gasteiger partial charge >= 0.3 is 6.18 Å². The van der Waals surface area contributed by atoms with Crippen LogP contribution in [0.1, 0.15) is 44.9 Å². The first kappa shape index (κ1) is 17.7. The SMILES string of the molecule is NCC(NS(=O)(=O)CCCC(F)(F)F)C1CCCCC1. The minimum Gasteiger partial charge on any atom is -0.329 e. The number of hydrogen-bond acceptors (Lipinski definition) is 3. The molecule has 1 aliphatic carbocycles. The van der Waals surface area contributed by atoms with Crippen molar-refractivity contribution in [2.75, 3.05) is 12.3 Å². The lowest BCUT2D eigenvalue weighted by Gasteiger charge is -2.29. The first-order valence-corrected chi connectivity index (χ1v) is 8.65. The molecule has 120 valence electrons. The quantitative estimate of drug-likeness (QED) is 0.756. The van der Waals surface area contributed by atoms with Gasteiger partial charge in [0.25, 0.3) is 0 Å². The number of sulfonamides is 1. The number of hydrogen-bond donors (Lipinski definition) is 2. The summed E-state index contributed by atoms with van der Waals surface area (Å²) >= 11 is 0. The van der Waals surface area contributed by atoms with Crippen molar-refractivity contribution >= 4 is 10.0 Å². The van der Waals surface area contributed by atoms with E-state index in [-0.39, 0.29) is 18.5 Å². The van der Waals surface area contributed by atoms with Gasteiger partial charge in [0, 0.05) is 19.0 Å². The van der Waals surface area contributed by atoms with E-state index < -0.39 is 34.8 Å². The predicted molar refractivity (Wildman–Crippen MR) is 71.6 cm³/mol. The summed E-state index contributed by atoms with van der Waals surface area (Å²) in [6, 6.07) is -0.355. The second kappa shape index (κ2) is 7.61. The zero-order valence-electron chi connectivity index (χ0n) is 11.5. The van der Waals surface area contributed by atoms with Crippen LogP contribution in [0.3, 0.4) is 0 Å². The molecule has 1 fully saturated rings. The van der Waals surface area contributed by atoms with Crippen molar-refractivity contribution in [1.82, 2.24) is 4.72 Å². The third kappa shape index (κ3) is 6.90. The van der Waals surface area contributed by atoms with Crippen LogP contribution in [0.5, 0.6) is 0 Å². The van der Waals surface area contributed by atoms with Crippen LogP contribution in [0.25, 0.3) is 0 Å². The summed E-state index contributed by atoms with van der Waals surface area (Å²) < 4.78 is 62.1. The molecule has 1 atom stereocenters. The van der Waals surface area contributed by atoms with Crippen LogP contribution >= 0.6 is 0 Å². The molecule has 4 nitrogen and oxygen atoms in total. The number of nitrogens with one attached hydrogen (secondary N) is 1.